The summed E-state index contributed by atoms with van der Waals surface area (Å²) in [4.78, 5) is 22.6. The van der Waals surface area contributed by atoms with Gasteiger partial charge in [-0.05, 0) is 30.5 Å². The van der Waals surface area contributed by atoms with Crippen LogP contribution in [0.1, 0.15) is 17.5 Å². The fraction of sp³-hybridized carbons (Fsp3) is 0.0952. The van der Waals surface area contributed by atoms with E-state index < -0.39 is 5.91 Å². The summed E-state index contributed by atoms with van der Waals surface area (Å²) in [7, 11) is 0. The fourth-order valence-electron chi connectivity index (χ4n) is 3.16. The molecule has 0 aliphatic heterocycles. The lowest BCUT2D eigenvalue weighted by Crippen LogP contribution is -2.30. The number of hydrogen-bond donors (Lipinski definition) is 3. The zero-order valence-corrected chi connectivity index (χ0v) is 15.8. The molecule has 4 N–H and O–H groups in total. The van der Waals surface area contributed by atoms with Gasteiger partial charge in [-0.1, -0.05) is 36.4 Å². The average molecular weight is 388 g/mol. The van der Waals surface area contributed by atoms with Crippen LogP contribution in [0.5, 0.6) is 0 Å². The summed E-state index contributed by atoms with van der Waals surface area (Å²) in [5.41, 5.74) is 12.9. The Morgan fingerprint density at radius 2 is 1.93 bits per heavy atom. The minimum absolute atomic E-state index is 0.177. The van der Waals surface area contributed by atoms with E-state index in [2.05, 4.69) is 39.0 Å². The van der Waals surface area contributed by atoms with Crippen LogP contribution in [0.4, 0.5) is 23.0 Å². The monoisotopic (exact) mass is 388 g/mol. The molecule has 1 amide bonds. The summed E-state index contributed by atoms with van der Waals surface area (Å²) in [5.74, 6) is 0.592. The molecule has 0 unspecified atom stereocenters. The Morgan fingerprint density at radius 3 is 2.72 bits per heavy atom. The van der Waals surface area contributed by atoms with Crippen molar-refractivity contribution in [1.82, 2.24) is 15.4 Å². The van der Waals surface area contributed by atoms with Gasteiger partial charge in [0, 0.05) is 11.9 Å². The summed E-state index contributed by atoms with van der Waals surface area (Å²) in [6.07, 6.45) is 2.83. The molecule has 0 saturated heterocycles. The SMILES string of the molecule is CCN(c1ncnc(NNC(=O)c2ccco2)c1N)c1cccc2ccccc12. The van der Waals surface area contributed by atoms with Crippen molar-refractivity contribution in [3.63, 3.8) is 0 Å². The number of nitrogens with two attached hydrogens (primary N) is 1. The fourth-order valence-corrected chi connectivity index (χ4v) is 3.16. The van der Waals surface area contributed by atoms with Crippen molar-refractivity contribution >= 4 is 39.7 Å². The van der Waals surface area contributed by atoms with Crippen molar-refractivity contribution in [1.29, 1.82) is 0 Å². The molecule has 0 bridgehead atoms. The highest BCUT2D eigenvalue weighted by Crippen LogP contribution is 2.35. The van der Waals surface area contributed by atoms with Crippen LogP contribution in [0.15, 0.2) is 71.6 Å². The smallest absolute Gasteiger partial charge is 0.305 e. The molecule has 0 atom stereocenters. The molecule has 2 aromatic heterocycles. The van der Waals surface area contributed by atoms with E-state index in [1.807, 2.05) is 36.1 Å². The Hall–Kier alpha value is -4.07. The number of aromatic nitrogens is 2. The Balaban J connectivity index is 1.65. The van der Waals surface area contributed by atoms with E-state index >= 15 is 0 Å². The number of fused-ring (bicyclic) bond motifs is 1. The van der Waals surface area contributed by atoms with Crippen LogP contribution in [0.3, 0.4) is 0 Å². The molecule has 0 fully saturated rings. The van der Waals surface area contributed by atoms with Gasteiger partial charge in [0.15, 0.2) is 17.4 Å². The quantitative estimate of drug-likeness (QED) is 0.432. The number of rotatable bonds is 6. The number of anilines is 4. The molecule has 8 heteroatoms. The summed E-state index contributed by atoms with van der Waals surface area (Å²) in [5, 5.41) is 2.22. The Morgan fingerprint density at radius 1 is 1.10 bits per heavy atom. The Labute approximate surface area is 167 Å². The van der Waals surface area contributed by atoms with Crippen molar-refractivity contribution < 1.29 is 9.21 Å². The number of nitrogen functional groups attached to an aromatic ring is 1. The predicted octanol–water partition coefficient (Wildman–Crippen LogP) is 3.72. The molecule has 29 heavy (non-hydrogen) atoms. The highest BCUT2D eigenvalue weighted by Gasteiger charge is 2.18. The summed E-state index contributed by atoms with van der Waals surface area (Å²) in [6.45, 7) is 2.67. The molecule has 4 aromatic rings. The van der Waals surface area contributed by atoms with E-state index in [1.54, 1.807) is 12.1 Å². The minimum atomic E-state index is -0.434. The van der Waals surface area contributed by atoms with Gasteiger partial charge in [0.2, 0.25) is 0 Å². The van der Waals surface area contributed by atoms with Crippen molar-refractivity contribution in [2.45, 2.75) is 6.92 Å². The van der Waals surface area contributed by atoms with E-state index in [1.165, 1.54) is 12.6 Å². The van der Waals surface area contributed by atoms with Crippen LogP contribution in [0.25, 0.3) is 10.8 Å². The number of carbonyl (C=O) groups excluding carboxylic acids is 1. The summed E-state index contributed by atoms with van der Waals surface area (Å²) in [6, 6.07) is 17.4. The van der Waals surface area contributed by atoms with Crippen LogP contribution in [-0.4, -0.2) is 22.4 Å². The first-order valence-corrected chi connectivity index (χ1v) is 9.14. The number of furan rings is 1. The number of nitrogens with one attached hydrogen (secondary N) is 2. The number of hydrogen-bond acceptors (Lipinski definition) is 7. The lowest BCUT2D eigenvalue weighted by molar-refractivity contribution is 0.0935. The molecule has 0 spiro atoms. The lowest BCUT2D eigenvalue weighted by atomic mass is 10.1. The van der Waals surface area contributed by atoms with E-state index in [0.717, 1.165) is 16.5 Å². The molecule has 8 nitrogen and oxygen atoms in total. The molecular weight excluding hydrogens is 368 g/mol. The standard InChI is InChI=1S/C21H20N6O2/c1-2-27(16-10-5-8-14-7-3-4-9-15(14)16)20-18(22)19(23-13-24-20)25-26-21(28)17-11-6-12-29-17/h3-13H,2,22H2,1H3,(H,26,28)(H,23,24,25). The van der Waals surface area contributed by atoms with Gasteiger partial charge < -0.3 is 15.1 Å². The van der Waals surface area contributed by atoms with E-state index in [0.29, 0.717) is 23.9 Å². The second kappa shape index (κ2) is 7.89. The average Bonchev–Trinajstić information content (AvgIpc) is 3.29. The van der Waals surface area contributed by atoms with Gasteiger partial charge in [-0.3, -0.25) is 15.6 Å². The molecule has 2 aromatic carbocycles. The minimum Gasteiger partial charge on any atom is -0.459 e. The van der Waals surface area contributed by atoms with E-state index in [9.17, 15) is 4.79 Å². The van der Waals surface area contributed by atoms with Crippen molar-refractivity contribution in [2.75, 3.05) is 22.6 Å². The van der Waals surface area contributed by atoms with Gasteiger partial charge in [-0.2, -0.15) is 0 Å². The normalized spacial score (nSPS) is 10.7. The molecule has 0 saturated carbocycles. The first-order valence-electron chi connectivity index (χ1n) is 9.14. The van der Waals surface area contributed by atoms with Crippen molar-refractivity contribution in [3.05, 3.63) is 72.9 Å². The Kier molecular flexibility index (Phi) is 4.98. The number of benzene rings is 2. The highest BCUT2D eigenvalue weighted by molar-refractivity contribution is 5.97. The van der Waals surface area contributed by atoms with Crippen LogP contribution >= 0.6 is 0 Å². The molecule has 0 aliphatic rings. The van der Waals surface area contributed by atoms with Crippen LogP contribution in [-0.2, 0) is 0 Å². The number of carbonyl (C=O) groups is 1. The van der Waals surface area contributed by atoms with Crippen LogP contribution in [0.2, 0.25) is 0 Å². The number of hydrazine groups is 1. The number of amides is 1. The molecule has 146 valence electrons. The highest BCUT2D eigenvalue weighted by atomic mass is 16.3. The van der Waals surface area contributed by atoms with Gasteiger partial charge >= 0.3 is 5.91 Å². The maximum atomic E-state index is 12.1. The zero-order chi connectivity index (χ0) is 20.2. The second-order valence-electron chi connectivity index (χ2n) is 6.26. The van der Waals surface area contributed by atoms with Gasteiger partial charge in [0.1, 0.15) is 12.0 Å². The molecule has 0 aliphatic carbocycles. The van der Waals surface area contributed by atoms with Gasteiger partial charge in [-0.25, -0.2) is 9.97 Å². The third kappa shape index (κ3) is 3.55. The zero-order valence-electron chi connectivity index (χ0n) is 15.8. The van der Waals surface area contributed by atoms with Crippen LogP contribution in [0, 0.1) is 0 Å². The van der Waals surface area contributed by atoms with Gasteiger partial charge in [0.25, 0.3) is 0 Å². The third-order valence-electron chi connectivity index (χ3n) is 4.53. The second-order valence-corrected chi connectivity index (χ2v) is 6.26. The molecular formula is C21H20N6O2. The maximum absolute atomic E-state index is 12.1. The summed E-state index contributed by atoms with van der Waals surface area (Å²) >= 11 is 0. The predicted molar refractivity (Wildman–Crippen MR) is 113 cm³/mol. The molecule has 0 radical (unpaired) electrons. The largest absolute Gasteiger partial charge is 0.459 e. The molecule has 2 heterocycles. The number of nitrogens with zero attached hydrogens (tertiary/aromatic N) is 3. The third-order valence-corrected chi connectivity index (χ3v) is 4.53. The molecule has 4 rings (SSSR count). The first-order chi connectivity index (χ1) is 14.2. The first kappa shape index (κ1) is 18.3. The lowest BCUT2D eigenvalue weighted by Gasteiger charge is -2.25. The van der Waals surface area contributed by atoms with Crippen molar-refractivity contribution in [2.24, 2.45) is 0 Å². The maximum Gasteiger partial charge on any atom is 0.305 e. The van der Waals surface area contributed by atoms with E-state index in [-0.39, 0.29) is 5.76 Å². The Bertz CT molecular complexity index is 1140. The topological polar surface area (TPSA) is 109 Å². The van der Waals surface area contributed by atoms with Gasteiger partial charge in [-0.15, -0.1) is 0 Å². The van der Waals surface area contributed by atoms with E-state index in [4.69, 9.17) is 10.2 Å². The summed E-state index contributed by atoms with van der Waals surface area (Å²) < 4.78 is 5.07. The van der Waals surface area contributed by atoms with Crippen molar-refractivity contribution in [3.8, 4) is 0 Å². The van der Waals surface area contributed by atoms with Crippen LogP contribution < -0.4 is 21.5 Å². The van der Waals surface area contributed by atoms with Gasteiger partial charge in [0.05, 0.1) is 12.0 Å².